The molecule has 0 aromatic heterocycles. The number of hydroxylamine groups is 1. The van der Waals surface area contributed by atoms with E-state index >= 15 is 0 Å². The van der Waals surface area contributed by atoms with Crippen LogP contribution >= 0.6 is 0 Å². The molecule has 0 spiro atoms. The second-order valence-electron chi connectivity index (χ2n) is 2.83. The van der Waals surface area contributed by atoms with Gasteiger partial charge in [0, 0.05) is 6.04 Å². The molecule has 1 saturated carbocycles. The van der Waals surface area contributed by atoms with Gasteiger partial charge in [-0.05, 0) is 19.3 Å². The lowest BCUT2D eigenvalue weighted by Gasteiger charge is -2.04. The minimum absolute atomic E-state index is 0.235. The number of carbonyl (C=O) groups excluding carboxylic acids is 1. The van der Waals surface area contributed by atoms with Crippen LogP contribution in [0, 0.1) is 5.92 Å². The summed E-state index contributed by atoms with van der Waals surface area (Å²) in [5.74, 6) is 0.627. The highest BCUT2D eigenvalue weighted by Crippen LogP contribution is 2.28. The van der Waals surface area contributed by atoms with E-state index in [1.807, 2.05) is 6.92 Å². The molecule has 4 nitrogen and oxygen atoms in total. The van der Waals surface area contributed by atoms with Gasteiger partial charge in [0.2, 0.25) is 0 Å². The van der Waals surface area contributed by atoms with Gasteiger partial charge in [-0.25, -0.2) is 10.3 Å². The lowest BCUT2D eigenvalue weighted by molar-refractivity contribution is 0.0704. The molecule has 64 valence electrons. The molecule has 2 amide bonds. The Morgan fingerprint density at radius 2 is 2.36 bits per heavy atom. The Morgan fingerprint density at radius 3 is 2.82 bits per heavy atom. The molecule has 0 aromatic rings. The van der Waals surface area contributed by atoms with E-state index in [4.69, 9.17) is 4.84 Å². The quantitative estimate of drug-likeness (QED) is 0.592. The normalized spacial score (nSPS) is 27.8. The SMILES string of the molecule is CCONC(=O)N[C@@H]1C[C@H]1C. The van der Waals surface area contributed by atoms with Crippen molar-refractivity contribution in [2.75, 3.05) is 6.61 Å². The van der Waals surface area contributed by atoms with Crippen LogP contribution in [0.3, 0.4) is 0 Å². The minimum Gasteiger partial charge on any atom is -0.333 e. The van der Waals surface area contributed by atoms with Crippen LogP contribution in [0.2, 0.25) is 0 Å². The van der Waals surface area contributed by atoms with Gasteiger partial charge in [-0.2, -0.15) is 0 Å². The lowest BCUT2D eigenvalue weighted by Crippen LogP contribution is -2.37. The monoisotopic (exact) mass is 158 g/mol. The number of carbonyl (C=O) groups is 1. The summed E-state index contributed by atoms with van der Waals surface area (Å²) in [6, 6.07) is 0.122. The van der Waals surface area contributed by atoms with Crippen molar-refractivity contribution >= 4 is 6.03 Å². The van der Waals surface area contributed by atoms with Gasteiger partial charge >= 0.3 is 6.03 Å². The first-order chi connectivity index (χ1) is 5.24. The Bertz CT molecular complexity index is 149. The Balaban J connectivity index is 2.02. The molecule has 1 rings (SSSR count). The molecule has 0 bridgehead atoms. The third kappa shape index (κ3) is 2.76. The van der Waals surface area contributed by atoms with E-state index in [2.05, 4.69) is 17.7 Å². The molecule has 1 aliphatic rings. The van der Waals surface area contributed by atoms with Crippen molar-refractivity contribution in [3.05, 3.63) is 0 Å². The molecule has 2 N–H and O–H groups in total. The second-order valence-corrected chi connectivity index (χ2v) is 2.83. The zero-order chi connectivity index (χ0) is 8.27. The van der Waals surface area contributed by atoms with Crippen LogP contribution in [0.25, 0.3) is 0 Å². The molecule has 0 radical (unpaired) electrons. The van der Waals surface area contributed by atoms with Crippen molar-refractivity contribution < 1.29 is 9.63 Å². The largest absolute Gasteiger partial charge is 0.338 e. The van der Waals surface area contributed by atoms with Gasteiger partial charge in [-0.3, -0.25) is 4.84 Å². The van der Waals surface area contributed by atoms with E-state index in [9.17, 15) is 4.79 Å². The first-order valence-electron chi connectivity index (χ1n) is 3.92. The number of nitrogens with one attached hydrogen (secondary N) is 2. The number of rotatable bonds is 3. The third-order valence-corrected chi connectivity index (χ3v) is 1.74. The van der Waals surface area contributed by atoms with Gasteiger partial charge < -0.3 is 5.32 Å². The fourth-order valence-electron chi connectivity index (χ4n) is 0.859. The zero-order valence-electron chi connectivity index (χ0n) is 6.89. The van der Waals surface area contributed by atoms with Crippen LogP contribution in [0.4, 0.5) is 4.79 Å². The Morgan fingerprint density at radius 1 is 1.73 bits per heavy atom. The van der Waals surface area contributed by atoms with Crippen LogP contribution in [0.5, 0.6) is 0 Å². The summed E-state index contributed by atoms with van der Waals surface area (Å²) in [4.78, 5) is 15.5. The molecule has 0 saturated heterocycles. The highest BCUT2D eigenvalue weighted by atomic mass is 16.7. The molecule has 0 unspecified atom stereocenters. The molecule has 0 heterocycles. The summed E-state index contributed by atoms with van der Waals surface area (Å²) in [6.07, 6.45) is 1.08. The molecule has 0 aromatic carbocycles. The smallest absolute Gasteiger partial charge is 0.333 e. The molecule has 2 atom stereocenters. The van der Waals surface area contributed by atoms with Crippen LogP contribution < -0.4 is 10.8 Å². The van der Waals surface area contributed by atoms with Crippen molar-refractivity contribution in [2.45, 2.75) is 26.3 Å². The number of amides is 2. The van der Waals surface area contributed by atoms with Crippen molar-refractivity contribution in [2.24, 2.45) is 5.92 Å². The van der Waals surface area contributed by atoms with E-state index in [0.29, 0.717) is 18.6 Å². The number of urea groups is 1. The average Bonchev–Trinajstić information content (AvgIpc) is 2.62. The topological polar surface area (TPSA) is 50.4 Å². The van der Waals surface area contributed by atoms with Gasteiger partial charge in [0.1, 0.15) is 0 Å². The summed E-state index contributed by atoms with van der Waals surface area (Å²) in [5.41, 5.74) is 2.27. The summed E-state index contributed by atoms with van der Waals surface area (Å²) in [5, 5.41) is 2.76. The minimum atomic E-state index is -0.235. The summed E-state index contributed by atoms with van der Waals surface area (Å²) >= 11 is 0. The molecule has 1 aliphatic carbocycles. The molecule has 11 heavy (non-hydrogen) atoms. The van der Waals surface area contributed by atoms with Crippen LogP contribution in [-0.4, -0.2) is 18.7 Å². The third-order valence-electron chi connectivity index (χ3n) is 1.74. The number of hydrogen-bond donors (Lipinski definition) is 2. The molecule has 4 heteroatoms. The Labute approximate surface area is 66.3 Å². The van der Waals surface area contributed by atoms with E-state index in [1.165, 1.54) is 0 Å². The van der Waals surface area contributed by atoms with Gasteiger partial charge in [0.25, 0.3) is 0 Å². The zero-order valence-corrected chi connectivity index (χ0v) is 6.89. The fraction of sp³-hybridized carbons (Fsp3) is 0.857. The maximum Gasteiger partial charge on any atom is 0.338 e. The fourth-order valence-corrected chi connectivity index (χ4v) is 0.859. The van der Waals surface area contributed by atoms with Crippen molar-refractivity contribution in [1.29, 1.82) is 0 Å². The van der Waals surface area contributed by atoms with Gasteiger partial charge in [0.15, 0.2) is 0 Å². The van der Waals surface area contributed by atoms with Crippen molar-refractivity contribution in [3.8, 4) is 0 Å². The maximum absolute atomic E-state index is 10.9. The predicted octanol–water partition coefficient (Wildman–Crippen LogP) is 0.645. The molecule has 0 aliphatic heterocycles. The first-order valence-corrected chi connectivity index (χ1v) is 3.92. The standard InChI is InChI=1S/C7H14N2O2/c1-3-11-9-7(10)8-6-4-5(6)2/h5-6H,3-4H2,1-2H3,(H2,8,9,10)/t5-,6-/m1/s1. The lowest BCUT2D eigenvalue weighted by atomic mass is 10.5. The molecule has 1 fully saturated rings. The predicted molar refractivity (Wildman–Crippen MR) is 40.9 cm³/mol. The van der Waals surface area contributed by atoms with E-state index in [-0.39, 0.29) is 6.03 Å². The van der Waals surface area contributed by atoms with E-state index < -0.39 is 0 Å². The maximum atomic E-state index is 10.9. The molecular formula is C7H14N2O2. The van der Waals surface area contributed by atoms with Crippen molar-refractivity contribution in [1.82, 2.24) is 10.8 Å². The van der Waals surface area contributed by atoms with Gasteiger partial charge in [-0.15, -0.1) is 0 Å². The van der Waals surface area contributed by atoms with Crippen molar-refractivity contribution in [3.63, 3.8) is 0 Å². The highest BCUT2D eigenvalue weighted by molar-refractivity contribution is 5.73. The highest BCUT2D eigenvalue weighted by Gasteiger charge is 2.33. The van der Waals surface area contributed by atoms with Gasteiger partial charge in [0.05, 0.1) is 6.61 Å². The Hall–Kier alpha value is -0.770. The van der Waals surface area contributed by atoms with E-state index in [0.717, 1.165) is 6.42 Å². The summed E-state index contributed by atoms with van der Waals surface area (Å²) in [6.45, 7) is 4.42. The van der Waals surface area contributed by atoms with Crippen LogP contribution in [-0.2, 0) is 4.84 Å². The van der Waals surface area contributed by atoms with Crippen LogP contribution in [0.15, 0.2) is 0 Å². The van der Waals surface area contributed by atoms with Gasteiger partial charge in [-0.1, -0.05) is 6.92 Å². The Kier molecular flexibility index (Phi) is 2.70. The summed E-state index contributed by atoms with van der Waals surface area (Å²) in [7, 11) is 0. The molecular weight excluding hydrogens is 144 g/mol. The van der Waals surface area contributed by atoms with Crippen LogP contribution in [0.1, 0.15) is 20.3 Å². The first kappa shape index (κ1) is 8.33. The second kappa shape index (κ2) is 3.57. The number of hydrogen-bond acceptors (Lipinski definition) is 2. The summed E-state index contributed by atoms with van der Waals surface area (Å²) < 4.78 is 0. The van der Waals surface area contributed by atoms with E-state index in [1.54, 1.807) is 0 Å². The average molecular weight is 158 g/mol.